The van der Waals surface area contributed by atoms with Crippen molar-refractivity contribution < 1.29 is 9.59 Å². The summed E-state index contributed by atoms with van der Waals surface area (Å²) in [5.74, 6) is 0.148. The summed E-state index contributed by atoms with van der Waals surface area (Å²) in [4.78, 5) is 28.6. The van der Waals surface area contributed by atoms with Gasteiger partial charge in [0.15, 0.2) is 0 Å². The number of benzene rings is 1. The first kappa shape index (κ1) is 22.6. The van der Waals surface area contributed by atoms with E-state index in [1.807, 2.05) is 32.0 Å². The van der Waals surface area contributed by atoms with Crippen LogP contribution in [0.2, 0.25) is 0 Å². The molecule has 2 aliphatic rings. The van der Waals surface area contributed by atoms with Gasteiger partial charge in [0.05, 0.1) is 0 Å². The molecule has 4 unspecified atom stereocenters. The van der Waals surface area contributed by atoms with Gasteiger partial charge >= 0.3 is 6.03 Å². The number of carbonyl (C=O) groups is 2. The van der Waals surface area contributed by atoms with Crippen LogP contribution in [0.5, 0.6) is 0 Å². The second kappa shape index (κ2) is 8.24. The number of nitrogens with zero attached hydrogens (tertiary/aromatic N) is 1. The Morgan fingerprint density at radius 2 is 1.80 bits per heavy atom. The number of amides is 3. The van der Waals surface area contributed by atoms with E-state index in [1.54, 1.807) is 0 Å². The number of likely N-dealkylation sites (tertiary alicyclic amines) is 1. The second-order valence-electron chi connectivity index (χ2n) is 10.9. The van der Waals surface area contributed by atoms with Crippen molar-refractivity contribution in [3.05, 3.63) is 29.3 Å². The largest absolute Gasteiger partial charge is 0.337 e. The van der Waals surface area contributed by atoms with Gasteiger partial charge in [-0.3, -0.25) is 4.79 Å². The molecule has 2 bridgehead atoms. The Hall–Kier alpha value is -2.04. The van der Waals surface area contributed by atoms with E-state index in [0.29, 0.717) is 0 Å². The molecule has 1 aliphatic carbocycles. The van der Waals surface area contributed by atoms with Crippen molar-refractivity contribution in [1.29, 1.82) is 0 Å². The molecule has 0 radical (unpaired) electrons. The SMILES string of the molecule is CCC(C)C(NC(=O)Nc1c(C)cccc1C)C(=O)N1CC2(C)CC1CC(C)(C)C2. The lowest BCUT2D eigenvalue weighted by atomic mass is 9.65. The second-order valence-corrected chi connectivity index (χ2v) is 10.9. The molecule has 30 heavy (non-hydrogen) atoms. The van der Waals surface area contributed by atoms with E-state index in [4.69, 9.17) is 0 Å². The minimum atomic E-state index is -0.509. The number of rotatable bonds is 5. The van der Waals surface area contributed by atoms with Crippen molar-refractivity contribution in [1.82, 2.24) is 10.2 Å². The molecule has 1 saturated carbocycles. The van der Waals surface area contributed by atoms with Gasteiger partial charge in [-0.2, -0.15) is 0 Å². The number of anilines is 1. The van der Waals surface area contributed by atoms with Gasteiger partial charge in [0, 0.05) is 18.3 Å². The summed E-state index contributed by atoms with van der Waals surface area (Å²) in [5, 5.41) is 6.00. The lowest BCUT2D eigenvalue weighted by molar-refractivity contribution is -0.135. The Bertz CT molecular complexity index is 798. The van der Waals surface area contributed by atoms with Gasteiger partial charge in [-0.15, -0.1) is 0 Å². The molecule has 2 N–H and O–H groups in total. The number of urea groups is 1. The standard InChI is InChI=1S/C25H39N3O2/c1-8-16(2)21(27-23(30)26-20-17(3)10-9-11-18(20)4)22(29)28-15-25(7)13-19(28)12-24(5,6)14-25/h9-11,16,19,21H,8,12-15H2,1-7H3,(H2,26,27,30). The maximum Gasteiger partial charge on any atom is 0.319 e. The summed E-state index contributed by atoms with van der Waals surface area (Å²) in [6.45, 7) is 15.8. The van der Waals surface area contributed by atoms with Crippen LogP contribution in [-0.4, -0.2) is 35.5 Å². The number of hydrogen-bond donors (Lipinski definition) is 2. The zero-order chi connectivity index (χ0) is 22.3. The number of nitrogens with one attached hydrogen (secondary N) is 2. The molecule has 166 valence electrons. The Morgan fingerprint density at radius 1 is 1.17 bits per heavy atom. The third-order valence-corrected chi connectivity index (χ3v) is 7.18. The molecule has 1 aromatic carbocycles. The summed E-state index contributed by atoms with van der Waals surface area (Å²) in [5.41, 5.74) is 3.28. The van der Waals surface area contributed by atoms with Crippen molar-refractivity contribution in [2.24, 2.45) is 16.7 Å². The molecule has 1 aromatic rings. The van der Waals surface area contributed by atoms with E-state index in [9.17, 15) is 9.59 Å². The molecule has 1 aliphatic heterocycles. The van der Waals surface area contributed by atoms with Crippen LogP contribution >= 0.6 is 0 Å². The van der Waals surface area contributed by atoms with Crippen LogP contribution in [0.3, 0.4) is 0 Å². The Labute approximate surface area is 182 Å². The highest BCUT2D eigenvalue weighted by Crippen LogP contribution is 2.52. The lowest BCUT2D eigenvalue weighted by Crippen LogP contribution is -2.54. The van der Waals surface area contributed by atoms with Crippen molar-refractivity contribution in [3.63, 3.8) is 0 Å². The highest BCUT2D eigenvalue weighted by atomic mass is 16.2. The number of carbonyl (C=O) groups excluding carboxylic acids is 2. The van der Waals surface area contributed by atoms with Crippen LogP contribution in [-0.2, 0) is 4.79 Å². The Morgan fingerprint density at radius 3 is 2.40 bits per heavy atom. The quantitative estimate of drug-likeness (QED) is 0.691. The number of aryl methyl sites for hydroxylation is 2. The third kappa shape index (κ3) is 4.65. The van der Waals surface area contributed by atoms with Crippen molar-refractivity contribution in [3.8, 4) is 0 Å². The van der Waals surface area contributed by atoms with Crippen molar-refractivity contribution >= 4 is 17.6 Å². The first-order valence-electron chi connectivity index (χ1n) is 11.4. The van der Waals surface area contributed by atoms with Gasteiger partial charge in [0.1, 0.15) is 6.04 Å². The predicted octanol–water partition coefficient (Wildman–Crippen LogP) is 5.27. The number of fused-ring (bicyclic) bond motifs is 2. The minimum absolute atomic E-state index is 0.0717. The van der Waals surface area contributed by atoms with Crippen LogP contribution in [0.4, 0.5) is 10.5 Å². The molecule has 1 heterocycles. The molecular formula is C25H39N3O2. The van der Waals surface area contributed by atoms with Crippen LogP contribution in [0.1, 0.15) is 71.4 Å². The zero-order valence-corrected chi connectivity index (χ0v) is 19.8. The van der Waals surface area contributed by atoms with Gasteiger partial charge in [-0.05, 0) is 61.0 Å². The number of hydrogen-bond acceptors (Lipinski definition) is 2. The summed E-state index contributed by atoms with van der Waals surface area (Å²) in [6.07, 6.45) is 4.09. The van der Waals surface area contributed by atoms with Gasteiger partial charge in [0.25, 0.3) is 0 Å². The fourth-order valence-electron chi connectivity index (χ4n) is 5.88. The van der Waals surface area contributed by atoms with Gasteiger partial charge in [0.2, 0.25) is 5.91 Å². The van der Waals surface area contributed by atoms with E-state index < -0.39 is 6.04 Å². The highest BCUT2D eigenvalue weighted by Gasteiger charge is 2.52. The van der Waals surface area contributed by atoms with E-state index in [1.165, 1.54) is 0 Å². The molecule has 3 amide bonds. The fourth-order valence-corrected chi connectivity index (χ4v) is 5.88. The average Bonchev–Trinajstić information content (AvgIpc) is 2.90. The van der Waals surface area contributed by atoms with Crippen molar-refractivity contribution in [2.75, 3.05) is 11.9 Å². The maximum atomic E-state index is 13.6. The molecule has 5 nitrogen and oxygen atoms in total. The molecule has 0 spiro atoms. The number of para-hydroxylation sites is 1. The summed E-state index contributed by atoms with van der Waals surface area (Å²) >= 11 is 0. The Balaban J connectivity index is 1.76. The average molecular weight is 414 g/mol. The molecule has 2 fully saturated rings. The zero-order valence-electron chi connectivity index (χ0n) is 19.8. The van der Waals surface area contributed by atoms with Crippen molar-refractivity contribution in [2.45, 2.75) is 86.2 Å². The van der Waals surface area contributed by atoms with E-state index in [2.05, 4.69) is 50.2 Å². The van der Waals surface area contributed by atoms with E-state index in [0.717, 1.165) is 49.0 Å². The van der Waals surface area contributed by atoms with E-state index >= 15 is 0 Å². The molecule has 1 saturated heterocycles. The molecular weight excluding hydrogens is 374 g/mol. The molecule has 5 heteroatoms. The van der Waals surface area contributed by atoms with Crippen LogP contribution < -0.4 is 10.6 Å². The molecule has 4 atom stereocenters. The first-order chi connectivity index (χ1) is 13.9. The van der Waals surface area contributed by atoms with E-state index in [-0.39, 0.29) is 34.7 Å². The minimum Gasteiger partial charge on any atom is -0.337 e. The van der Waals surface area contributed by atoms with Gasteiger partial charge in [-0.1, -0.05) is 59.2 Å². The smallest absolute Gasteiger partial charge is 0.319 e. The first-order valence-corrected chi connectivity index (χ1v) is 11.4. The molecule has 0 aromatic heterocycles. The fraction of sp³-hybridized carbons (Fsp3) is 0.680. The van der Waals surface area contributed by atoms with Gasteiger partial charge < -0.3 is 15.5 Å². The van der Waals surface area contributed by atoms with Gasteiger partial charge in [-0.25, -0.2) is 4.79 Å². The molecule has 3 rings (SSSR count). The van der Waals surface area contributed by atoms with Crippen LogP contribution in [0, 0.1) is 30.6 Å². The third-order valence-electron chi connectivity index (χ3n) is 7.18. The monoisotopic (exact) mass is 413 g/mol. The summed E-state index contributed by atoms with van der Waals surface area (Å²) in [6, 6.07) is 5.40. The predicted molar refractivity (Wildman–Crippen MR) is 123 cm³/mol. The topological polar surface area (TPSA) is 61.4 Å². The van der Waals surface area contributed by atoms with Crippen LogP contribution in [0.25, 0.3) is 0 Å². The normalized spacial score (nSPS) is 26.8. The highest BCUT2D eigenvalue weighted by molar-refractivity contribution is 5.95. The summed E-state index contributed by atoms with van der Waals surface area (Å²) in [7, 11) is 0. The lowest BCUT2D eigenvalue weighted by Gasteiger charge is -2.39. The Kier molecular flexibility index (Phi) is 6.22. The maximum absolute atomic E-state index is 13.6. The summed E-state index contributed by atoms with van der Waals surface area (Å²) < 4.78 is 0. The van der Waals surface area contributed by atoms with Crippen LogP contribution in [0.15, 0.2) is 18.2 Å².